The molecule has 0 radical (unpaired) electrons. The molecule has 2 atom stereocenters. The predicted octanol–water partition coefficient (Wildman–Crippen LogP) is 2.71. The normalized spacial score (nSPS) is 20.9. The Labute approximate surface area is 175 Å². The number of H-pyrrole nitrogens is 1. The highest BCUT2D eigenvalue weighted by Crippen LogP contribution is 2.39. The lowest BCUT2D eigenvalue weighted by Gasteiger charge is -2.29. The number of hydrogen-bond acceptors (Lipinski definition) is 5. The monoisotopic (exact) mass is 424 g/mol. The van der Waals surface area contributed by atoms with Gasteiger partial charge in [-0.1, -0.05) is 6.92 Å². The van der Waals surface area contributed by atoms with Crippen LogP contribution in [0.2, 0.25) is 0 Å². The van der Waals surface area contributed by atoms with Gasteiger partial charge in [0.05, 0.1) is 10.9 Å². The number of hydrogen-bond donors (Lipinski definition) is 3. The Hall–Kier alpha value is -1.44. The summed E-state index contributed by atoms with van der Waals surface area (Å²) < 4.78 is 0. The Bertz CT molecular complexity index is 936. The van der Waals surface area contributed by atoms with Crippen LogP contribution in [0, 0.1) is 11.8 Å². The summed E-state index contributed by atoms with van der Waals surface area (Å²) in [6, 6.07) is 0. The van der Waals surface area contributed by atoms with E-state index in [4.69, 9.17) is 5.73 Å². The molecule has 6 nitrogen and oxygen atoms in total. The fraction of sp³-hybridized carbons (Fsp3) is 0.650. The molecule has 4 rings (SSSR count). The zero-order chi connectivity index (χ0) is 19.2. The van der Waals surface area contributed by atoms with Gasteiger partial charge in [0.15, 0.2) is 0 Å². The zero-order valence-corrected chi connectivity index (χ0v) is 18.1. The van der Waals surface area contributed by atoms with E-state index in [1.165, 1.54) is 10.4 Å². The van der Waals surface area contributed by atoms with Gasteiger partial charge < -0.3 is 16.0 Å². The number of carbonyl (C=O) groups excluding carboxylic acids is 1. The summed E-state index contributed by atoms with van der Waals surface area (Å²) in [6.07, 6.45) is 6.11. The maximum absolute atomic E-state index is 12.6. The van der Waals surface area contributed by atoms with Crippen molar-refractivity contribution in [2.75, 3.05) is 6.54 Å². The van der Waals surface area contributed by atoms with Crippen LogP contribution in [0.3, 0.4) is 0 Å². The number of fused-ring (bicyclic) bond motifs is 3. The molecule has 0 aliphatic heterocycles. The van der Waals surface area contributed by atoms with Crippen LogP contribution < -0.4 is 16.6 Å². The lowest BCUT2D eigenvalue weighted by molar-refractivity contribution is -0.123. The molecule has 2 unspecified atom stereocenters. The van der Waals surface area contributed by atoms with Crippen molar-refractivity contribution in [3.8, 4) is 0 Å². The molecule has 2 aliphatic rings. The Morgan fingerprint density at radius 3 is 2.82 bits per heavy atom. The van der Waals surface area contributed by atoms with Crippen molar-refractivity contribution in [3.05, 3.63) is 26.6 Å². The summed E-state index contributed by atoms with van der Waals surface area (Å²) >= 11 is 1.64. The molecular formula is C20H29ClN4O2S. The molecule has 8 heteroatoms. The number of thiophene rings is 1. The first-order valence-electron chi connectivity index (χ1n) is 9.94. The van der Waals surface area contributed by atoms with E-state index in [0.717, 1.165) is 42.3 Å². The molecule has 0 aromatic carbocycles. The average molecular weight is 425 g/mol. The predicted molar refractivity (Wildman–Crippen MR) is 115 cm³/mol. The number of aromatic nitrogens is 2. The Morgan fingerprint density at radius 2 is 2.14 bits per heavy atom. The van der Waals surface area contributed by atoms with Crippen LogP contribution in [-0.4, -0.2) is 28.0 Å². The summed E-state index contributed by atoms with van der Waals surface area (Å²) in [5.41, 5.74) is 6.68. The molecule has 2 aromatic heterocycles. The molecule has 0 bridgehead atoms. The topological polar surface area (TPSA) is 101 Å². The van der Waals surface area contributed by atoms with Gasteiger partial charge in [-0.15, -0.1) is 23.7 Å². The van der Waals surface area contributed by atoms with Crippen LogP contribution in [0.15, 0.2) is 4.79 Å². The maximum Gasteiger partial charge on any atom is 0.259 e. The van der Waals surface area contributed by atoms with Crippen molar-refractivity contribution in [2.24, 2.45) is 17.6 Å². The number of nitrogens with one attached hydrogen (secondary N) is 2. The fourth-order valence-electron chi connectivity index (χ4n) is 4.16. The van der Waals surface area contributed by atoms with Crippen LogP contribution in [0.4, 0.5) is 0 Å². The molecular weight excluding hydrogens is 396 g/mol. The van der Waals surface area contributed by atoms with Gasteiger partial charge in [0.1, 0.15) is 10.7 Å². The second kappa shape index (κ2) is 8.13. The summed E-state index contributed by atoms with van der Waals surface area (Å²) in [5.74, 6) is 1.71. The van der Waals surface area contributed by atoms with Gasteiger partial charge in [0.25, 0.3) is 5.56 Å². The molecule has 2 aromatic rings. The molecule has 154 valence electrons. The van der Waals surface area contributed by atoms with Crippen LogP contribution in [-0.2, 0) is 24.1 Å². The van der Waals surface area contributed by atoms with E-state index in [0.29, 0.717) is 37.0 Å². The average Bonchev–Trinajstić information content (AvgIpc) is 3.41. The third kappa shape index (κ3) is 4.11. The third-order valence-electron chi connectivity index (χ3n) is 6.13. The minimum Gasteiger partial charge on any atom is -0.349 e. The van der Waals surface area contributed by atoms with Gasteiger partial charge in [-0.05, 0) is 56.4 Å². The van der Waals surface area contributed by atoms with Crippen molar-refractivity contribution in [1.82, 2.24) is 15.3 Å². The molecule has 1 amide bonds. The van der Waals surface area contributed by atoms with E-state index in [9.17, 15) is 9.59 Å². The number of halogens is 1. The van der Waals surface area contributed by atoms with Crippen LogP contribution in [0.25, 0.3) is 10.2 Å². The van der Waals surface area contributed by atoms with Gasteiger partial charge in [0.2, 0.25) is 5.91 Å². The van der Waals surface area contributed by atoms with Crippen molar-refractivity contribution in [3.63, 3.8) is 0 Å². The number of rotatable bonds is 6. The van der Waals surface area contributed by atoms with Crippen LogP contribution >= 0.6 is 23.7 Å². The highest BCUT2D eigenvalue weighted by atomic mass is 35.5. The standard InChI is InChI=1S/C20H28N4O2S.ClH/c1-11-3-6-13-14(9-11)27-19-17(13)18(26)22-15(23-19)7-8-16(25)24-20(2,10-21)12-4-5-12;/h11-12H,3-10,21H2,1-2H3,(H,24,25)(H,22,23,26);1H. The smallest absolute Gasteiger partial charge is 0.259 e. The minimum atomic E-state index is -0.314. The molecule has 1 fully saturated rings. The SMILES string of the molecule is CC1CCc2c(sc3nc(CCC(=O)NC(C)(CN)C4CC4)[nH]c(=O)c23)C1.Cl. The number of amides is 1. The van der Waals surface area contributed by atoms with Gasteiger partial charge in [-0.3, -0.25) is 9.59 Å². The van der Waals surface area contributed by atoms with Crippen LogP contribution in [0.1, 0.15) is 55.8 Å². The molecule has 2 heterocycles. The van der Waals surface area contributed by atoms with Gasteiger partial charge in [-0.25, -0.2) is 4.98 Å². The minimum absolute atomic E-state index is 0. The molecule has 1 saturated carbocycles. The first kappa shape index (κ1) is 21.3. The van der Waals surface area contributed by atoms with Gasteiger partial charge in [0, 0.05) is 24.3 Å². The lowest BCUT2D eigenvalue weighted by atomic mass is 9.89. The third-order valence-corrected chi connectivity index (χ3v) is 7.28. The van der Waals surface area contributed by atoms with E-state index in [-0.39, 0.29) is 29.4 Å². The Morgan fingerprint density at radius 1 is 1.39 bits per heavy atom. The molecule has 4 N–H and O–H groups in total. The van der Waals surface area contributed by atoms with E-state index in [1.54, 1.807) is 11.3 Å². The largest absolute Gasteiger partial charge is 0.349 e. The Balaban J connectivity index is 0.00000225. The number of nitrogens with zero attached hydrogens (tertiary/aromatic N) is 1. The highest BCUT2D eigenvalue weighted by molar-refractivity contribution is 7.18. The molecule has 0 saturated heterocycles. The first-order valence-corrected chi connectivity index (χ1v) is 10.8. The van der Waals surface area contributed by atoms with Crippen molar-refractivity contribution < 1.29 is 4.79 Å². The zero-order valence-electron chi connectivity index (χ0n) is 16.5. The maximum atomic E-state index is 12.6. The van der Waals surface area contributed by atoms with Crippen molar-refractivity contribution in [1.29, 1.82) is 0 Å². The first-order chi connectivity index (χ1) is 12.9. The molecule has 0 spiro atoms. The summed E-state index contributed by atoms with van der Waals surface area (Å²) in [5, 5.41) is 3.85. The molecule has 2 aliphatic carbocycles. The van der Waals surface area contributed by atoms with E-state index in [1.807, 2.05) is 6.92 Å². The number of carbonyl (C=O) groups is 1. The van der Waals surface area contributed by atoms with E-state index < -0.39 is 0 Å². The number of nitrogens with two attached hydrogens (primary N) is 1. The van der Waals surface area contributed by atoms with Crippen molar-refractivity contribution >= 4 is 39.9 Å². The van der Waals surface area contributed by atoms with Crippen molar-refractivity contribution in [2.45, 2.75) is 64.3 Å². The number of aryl methyl sites for hydroxylation is 2. The second-order valence-corrected chi connectivity index (χ2v) is 9.57. The highest BCUT2D eigenvalue weighted by Gasteiger charge is 2.41. The quantitative estimate of drug-likeness (QED) is 0.663. The van der Waals surface area contributed by atoms with Crippen LogP contribution in [0.5, 0.6) is 0 Å². The van der Waals surface area contributed by atoms with E-state index >= 15 is 0 Å². The molecule has 28 heavy (non-hydrogen) atoms. The fourth-order valence-corrected chi connectivity index (χ4v) is 5.57. The van der Waals surface area contributed by atoms with Gasteiger partial charge in [-0.2, -0.15) is 0 Å². The lowest BCUT2D eigenvalue weighted by Crippen LogP contribution is -2.53. The summed E-state index contributed by atoms with van der Waals surface area (Å²) in [6.45, 7) is 4.72. The summed E-state index contributed by atoms with van der Waals surface area (Å²) in [4.78, 5) is 34.7. The second-order valence-electron chi connectivity index (χ2n) is 8.49. The number of aromatic amines is 1. The summed E-state index contributed by atoms with van der Waals surface area (Å²) in [7, 11) is 0. The Kier molecular flexibility index (Phi) is 6.17. The van der Waals surface area contributed by atoms with Gasteiger partial charge >= 0.3 is 0 Å². The van der Waals surface area contributed by atoms with E-state index in [2.05, 4.69) is 22.2 Å².